The number of rotatable bonds is 2. The monoisotopic (exact) mass is 253 g/mol. The first-order chi connectivity index (χ1) is 7.31. The van der Waals surface area contributed by atoms with Gasteiger partial charge in [0.1, 0.15) is 23.6 Å². The van der Waals surface area contributed by atoms with Gasteiger partial charge in [0.15, 0.2) is 6.29 Å². The van der Waals surface area contributed by atoms with Gasteiger partial charge in [0, 0.05) is 6.92 Å². The van der Waals surface area contributed by atoms with E-state index in [-0.39, 0.29) is 0 Å². The third kappa shape index (κ3) is 2.51. The molecule has 0 aromatic rings. The van der Waals surface area contributed by atoms with E-state index in [0.29, 0.717) is 0 Å². The number of hydrogen-bond acceptors (Lipinski definition) is 6. The van der Waals surface area contributed by atoms with Crippen LogP contribution < -0.4 is 5.32 Å². The van der Waals surface area contributed by atoms with Crippen LogP contribution in [0.2, 0.25) is 0 Å². The fourth-order valence-electron chi connectivity index (χ4n) is 1.54. The smallest absolute Gasteiger partial charge is 0.217 e. The minimum Gasteiger partial charge on any atom is -0.393 e. The van der Waals surface area contributed by atoms with Gasteiger partial charge in [-0.2, -0.15) is 0 Å². The summed E-state index contributed by atoms with van der Waals surface area (Å²) in [4.78, 5) is 10.8. The minimum atomic E-state index is -1.53. The van der Waals surface area contributed by atoms with Crippen LogP contribution in [0.4, 0.5) is 0 Å². The SMILES string of the molecule is CC(=O)N[C@H]1C(O)O[C@@](P)(CO)[C@@H](O)[C@@H]1O. The van der Waals surface area contributed by atoms with Crippen molar-refractivity contribution in [2.24, 2.45) is 0 Å². The Morgan fingerprint density at radius 1 is 1.50 bits per heavy atom. The second-order valence-electron chi connectivity index (χ2n) is 3.78. The van der Waals surface area contributed by atoms with E-state index in [2.05, 4.69) is 5.32 Å². The molecule has 0 spiro atoms. The molecule has 0 radical (unpaired) electrons. The summed E-state index contributed by atoms with van der Waals surface area (Å²) in [7, 11) is 2.03. The molecule has 1 heterocycles. The van der Waals surface area contributed by atoms with E-state index in [1.807, 2.05) is 9.24 Å². The molecule has 8 heteroatoms. The lowest BCUT2D eigenvalue weighted by Gasteiger charge is -2.46. The Morgan fingerprint density at radius 3 is 2.50 bits per heavy atom. The predicted molar refractivity (Wildman–Crippen MR) is 56.2 cm³/mol. The van der Waals surface area contributed by atoms with Gasteiger partial charge in [0.25, 0.3) is 0 Å². The van der Waals surface area contributed by atoms with Crippen LogP contribution in [0.3, 0.4) is 0 Å². The van der Waals surface area contributed by atoms with Crippen LogP contribution in [0.1, 0.15) is 6.92 Å². The maximum atomic E-state index is 10.8. The number of carbonyl (C=O) groups is 1. The highest BCUT2D eigenvalue weighted by Crippen LogP contribution is 2.34. The molecule has 0 aliphatic carbocycles. The van der Waals surface area contributed by atoms with Gasteiger partial charge in [-0.25, -0.2) is 0 Å². The predicted octanol–water partition coefficient (Wildman–Crippen LogP) is -2.87. The number of carbonyl (C=O) groups excluding carboxylic acids is 1. The zero-order chi connectivity index (χ0) is 12.5. The minimum absolute atomic E-state index is 0.473. The van der Waals surface area contributed by atoms with Crippen molar-refractivity contribution in [2.45, 2.75) is 36.8 Å². The molecule has 1 aliphatic heterocycles. The largest absolute Gasteiger partial charge is 0.393 e. The molecule has 1 saturated heterocycles. The van der Waals surface area contributed by atoms with Gasteiger partial charge >= 0.3 is 0 Å². The molecular weight excluding hydrogens is 237 g/mol. The highest BCUT2D eigenvalue weighted by molar-refractivity contribution is 7.18. The van der Waals surface area contributed by atoms with Crippen LogP contribution >= 0.6 is 9.24 Å². The number of nitrogens with one attached hydrogen (secondary N) is 1. The fraction of sp³-hybridized carbons (Fsp3) is 0.875. The lowest BCUT2D eigenvalue weighted by molar-refractivity contribution is -0.268. The fourth-order valence-corrected chi connectivity index (χ4v) is 1.88. The van der Waals surface area contributed by atoms with Crippen molar-refractivity contribution >= 4 is 15.1 Å². The molecule has 6 atom stereocenters. The maximum absolute atomic E-state index is 10.8. The molecule has 16 heavy (non-hydrogen) atoms. The number of aliphatic hydroxyl groups excluding tert-OH is 4. The highest BCUT2D eigenvalue weighted by atomic mass is 31.0. The number of ether oxygens (including phenoxy) is 1. The molecule has 1 aliphatic rings. The first-order valence-electron chi connectivity index (χ1n) is 4.70. The second kappa shape index (κ2) is 4.91. The zero-order valence-electron chi connectivity index (χ0n) is 8.70. The number of amides is 1. The highest BCUT2D eigenvalue weighted by Gasteiger charge is 2.51. The summed E-state index contributed by atoms with van der Waals surface area (Å²) in [6.45, 7) is 0.611. The molecule has 0 bridgehead atoms. The van der Waals surface area contributed by atoms with Crippen LogP contribution in [0.15, 0.2) is 0 Å². The Labute approximate surface area is 94.6 Å². The standard InChI is InChI=1S/C8H16NO6P/c1-3(11)9-4-5(12)6(13)8(16,2-10)15-7(4)14/h4-7,10,12-14H,2,16H2,1H3,(H,9,11)/t4-,5-,6+,7?,8-/m1/s1. The van der Waals surface area contributed by atoms with Crippen LogP contribution in [-0.4, -0.2) is 62.8 Å². The van der Waals surface area contributed by atoms with Gasteiger partial charge in [-0.05, 0) is 0 Å². The van der Waals surface area contributed by atoms with Crippen LogP contribution in [0, 0.1) is 0 Å². The quantitative estimate of drug-likeness (QED) is 0.337. The molecule has 1 fully saturated rings. The van der Waals surface area contributed by atoms with E-state index in [1.165, 1.54) is 6.92 Å². The van der Waals surface area contributed by atoms with Crippen molar-refractivity contribution < 1.29 is 30.0 Å². The molecule has 5 N–H and O–H groups in total. The summed E-state index contributed by atoms with van der Waals surface area (Å²) < 4.78 is 4.96. The molecule has 0 aromatic heterocycles. The average Bonchev–Trinajstić information content (AvgIpc) is 2.21. The zero-order valence-corrected chi connectivity index (χ0v) is 9.85. The maximum Gasteiger partial charge on any atom is 0.217 e. The lowest BCUT2D eigenvalue weighted by Crippen LogP contribution is -2.67. The third-order valence-electron chi connectivity index (χ3n) is 2.46. The Kier molecular flexibility index (Phi) is 4.23. The summed E-state index contributed by atoms with van der Waals surface area (Å²) in [6, 6.07) is -1.13. The van der Waals surface area contributed by atoms with Gasteiger partial charge in [-0.1, -0.05) is 9.24 Å². The number of hydrogen-bond donors (Lipinski definition) is 5. The summed E-state index contributed by atoms with van der Waals surface area (Å²) in [5.41, 5.74) is 0. The topological polar surface area (TPSA) is 119 Å². The van der Waals surface area contributed by atoms with Crippen molar-refractivity contribution in [3.05, 3.63) is 0 Å². The lowest BCUT2D eigenvalue weighted by atomic mass is 9.96. The Morgan fingerprint density at radius 2 is 2.06 bits per heavy atom. The molecule has 2 unspecified atom stereocenters. The third-order valence-corrected chi connectivity index (χ3v) is 3.12. The van der Waals surface area contributed by atoms with Crippen LogP contribution in [0.5, 0.6) is 0 Å². The number of aliphatic hydroxyl groups is 4. The molecule has 1 amide bonds. The molecule has 0 saturated carbocycles. The van der Waals surface area contributed by atoms with Gasteiger partial charge in [0.2, 0.25) is 5.91 Å². The Hall–Kier alpha value is -0.300. The molecule has 1 rings (SSSR count). The average molecular weight is 253 g/mol. The second-order valence-corrected chi connectivity index (χ2v) is 4.76. The molecule has 7 nitrogen and oxygen atoms in total. The Bertz CT molecular complexity index is 277. The summed E-state index contributed by atoms with van der Waals surface area (Å²) in [5.74, 6) is -0.473. The van der Waals surface area contributed by atoms with Crippen LogP contribution in [0.25, 0.3) is 0 Å². The summed E-state index contributed by atoms with van der Waals surface area (Å²) in [5, 5.41) is 38.6. The summed E-state index contributed by atoms with van der Waals surface area (Å²) >= 11 is 0. The van der Waals surface area contributed by atoms with E-state index >= 15 is 0 Å². The normalized spacial score (nSPS) is 44.1. The van der Waals surface area contributed by atoms with E-state index in [1.54, 1.807) is 0 Å². The van der Waals surface area contributed by atoms with E-state index < -0.39 is 42.4 Å². The van der Waals surface area contributed by atoms with Crippen molar-refractivity contribution in [3.8, 4) is 0 Å². The van der Waals surface area contributed by atoms with Crippen LogP contribution in [-0.2, 0) is 9.53 Å². The first-order valence-corrected chi connectivity index (χ1v) is 5.28. The van der Waals surface area contributed by atoms with Gasteiger partial charge in [-0.3, -0.25) is 4.79 Å². The van der Waals surface area contributed by atoms with Gasteiger partial charge in [-0.15, -0.1) is 0 Å². The Balaban J connectivity index is 2.83. The van der Waals surface area contributed by atoms with Gasteiger partial charge < -0.3 is 30.5 Å². The van der Waals surface area contributed by atoms with E-state index in [0.717, 1.165) is 0 Å². The van der Waals surface area contributed by atoms with Gasteiger partial charge in [0.05, 0.1) is 6.61 Å². The van der Waals surface area contributed by atoms with E-state index in [9.17, 15) is 20.1 Å². The van der Waals surface area contributed by atoms with E-state index in [4.69, 9.17) is 9.84 Å². The first kappa shape index (κ1) is 13.8. The van der Waals surface area contributed by atoms with Crippen molar-refractivity contribution in [2.75, 3.05) is 6.61 Å². The summed E-state index contributed by atoms with van der Waals surface area (Å²) in [6.07, 6.45) is -4.38. The van der Waals surface area contributed by atoms with Crippen molar-refractivity contribution in [3.63, 3.8) is 0 Å². The molecule has 0 aromatic carbocycles. The van der Waals surface area contributed by atoms with Crippen molar-refractivity contribution in [1.29, 1.82) is 0 Å². The molecular formula is C8H16NO6P. The molecule has 94 valence electrons. The van der Waals surface area contributed by atoms with Crippen molar-refractivity contribution in [1.82, 2.24) is 5.32 Å².